The Hall–Kier alpha value is -0.261. The summed E-state index contributed by atoms with van der Waals surface area (Å²) in [4.78, 5) is 25.1. The molecular weight excluding hydrogens is 735 g/mol. The van der Waals surface area contributed by atoms with E-state index in [4.69, 9.17) is 0 Å². The van der Waals surface area contributed by atoms with Gasteiger partial charge in [-0.05, 0) is 25.7 Å². The van der Waals surface area contributed by atoms with Gasteiger partial charge >= 0.3 is 31.0 Å². The SMILES string of the molecule is CCCCCCCCCCCCCCCCCCCCCC(=O)[O-].CCCCCCCCCCCCCCCCCCCCCC(=O)[O-].[CH3][Sn+2][CH3]. The van der Waals surface area contributed by atoms with E-state index < -0.39 is 11.9 Å². The van der Waals surface area contributed by atoms with Crippen LogP contribution in [0.5, 0.6) is 0 Å². The second kappa shape index (κ2) is 54.1. The molecule has 0 unspecified atom stereocenters. The summed E-state index contributed by atoms with van der Waals surface area (Å²) in [6.07, 6.45) is 51.5. The zero-order chi connectivity index (χ0) is 38.1. The molecule has 0 aromatic rings. The average Bonchev–Trinajstić information content (AvgIpc) is 3.10. The van der Waals surface area contributed by atoms with E-state index in [2.05, 4.69) is 23.7 Å². The maximum absolute atomic E-state index is 10.3. The number of carbonyl (C=O) groups excluding carboxylic acids is 2. The first-order valence-electron chi connectivity index (χ1n) is 22.9. The first-order chi connectivity index (χ1) is 25.0. The van der Waals surface area contributed by atoms with Gasteiger partial charge in [0.2, 0.25) is 0 Å². The van der Waals surface area contributed by atoms with Crippen molar-refractivity contribution < 1.29 is 19.8 Å². The fraction of sp³-hybridized carbons (Fsp3) is 0.957. The van der Waals surface area contributed by atoms with Crippen LogP contribution in [0.1, 0.15) is 271 Å². The molecule has 0 aliphatic heterocycles. The predicted molar refractivity (Wildman–Crippen MR) is 224 cm³/mol. The van der Waals surface area contributed by atoms with Gasteiger partial charge in [-0.15, -0.1) is 0 Å². The molecule has 0 bridgehead atoms. The van der Waals surface area contributed by atoms with Gasteiger partial charge in [-0.3, -0.25) is 0 Å². The summed E-state index contributed by atoms with van der Waals surface area (Å²) in [5.41, 5.74) is 0. The van der Waals surface area contributed by atoms with Crippen molar-refractivity contribution >= 4 is 33.1 Å². The Kier molecular flexibility index (Phi) is 58.4. The summed E-state index contributed by atoms with van der Waals surface area (Å²) in [7, 11) is 0. The van der Waals surface area contributed by atoms with Crippen LogP contribution >= 0.6 is 0 Å². The number of aliphatic carboxylic acids is 2. The molecule has 0 aromatic carbocycles. The molecule has 0 amide bonds. The number of rotatable bonds is 40. The van der Waals surface area contributed by atoms with Crippen LogP contribution in [0.2, 0.25) is 9.88 Å². The predicted octanol–water partition coefficient (Wildman–Crippen LogP) is 13.9. The number of hydrogen-bond acceptors (Lipinski definition) is 4. The number of carboxylic acids is 2. The van der Waals surface area contributed by atoms with Crippen molar-refractivity contribution in [2.24, 2.45) is 0 Å². The number of carboxylic acid groups (broad SMARTS) is 2. The normalized spacial score (nSPS) is 10.6. The van der Waals surface area contributed by atoms with E-state index in [9.17, 15) is 19.8 Å². The van der Waals surface area contributed by atoms with Gasteiger partial charge in [0.1, 0.15) is 0 Å². The average molecular weight is 828 g/mol. The van der Waals surface area contributed by atoms with Crippen molar-refractivity contribution in [2.75, 3.05) is 0 Å². The van der Waals surface area contributed by atoms with Gasteiger partial charge in [0.25, 0.3) is 0 Å². The molecule has 0 aromatic heterocycles. The summed E-state index contributed by atoms with van der Waals surface area (Å²) < 4.78 is 0. The van der Waals surface area contributed by atoms with Crippen LogP contribution in [0.25, 0.3) is 0 Å². The molecule has 0 saturated carbocycles. The molecular formula is C46H92O4Sn. The topological polar surface area (TPSA) is 80.3 Å². The molecule has 0 aliphatic rings. The molecule has 0 rings (SSSR count). The Morgan fingerprint density at radius 3 is 0.529 bits per heavy atom. The zero-order valence-electron chi connectivity index (χ0n) is 35.4. The van der Waals surface area contributed by atoms with Crippen molar-refractivity contribution in [3.05, 3.63) is 0 Å². The van der Waals surface area contributed by atoms with Crippen LogP contribution in [0.15, 0.2) is 0 Å². The third kappa shape index (κ3) is 65.1. The Labute approximate surface area is 331 Å². The number of carbonyl (C=O) groups is 2. The van der Waals surface area contributed by atoms with Crippen LogP contribution in [-0.2, 0) is 9.59 Å². The van der Waals surface area contributed by atoms with Gasteiger partial charge in [-0.25, -0.2) is 0 Å². The second-order valence-electron chi connectivity index (χ2n) is 15.5. The molecule has 0 atom stereocenters. The summed E-state index contributed by atoms with van der Waals surface area (Å²) in [6.45, 7) is 4.56. The molecule has 304 valence electrons. The summed E-state index contributed by atoms with van der Waals surface area (Å²) in [5, 5.41) is 20.5. The fourth-order valence-corrected chi connectivity index (χ4v) is 6.70. The Morgan fingerprint density at radius 2 is 0.412 bits per heavy atom. The third-order valence-corrected chi connectivity index (χ3v) is 9.97. The van der Waals surface area contributed by atoms with Crippen molar-refractivity contribution in [3.8, 4) is 0 Å². The molecule has 0 heterocycles. The van der Waals surface area contributed by atoms with E-state index in [1.54, 1.807) is 0 Å². The second-order valence-corrected chi connectivity index (χ2v) is 18.3. The molecule has 0 saturated heterocycles. The summed E-state index contributed by atoms with van der Waals surface area (Å²) in [6, 6.07) is 0. The van der Waals surface area contributed by atoms with Crippen LogP contribution in [0.3, 0.4) is 0 Å². The van der Waals surface area contributed by atoms with E-state index in [1.807, 2.05) is 0 Å². The molecule has 0 spiro atoms. The molecule has 51 heavy (non-hydrogen) atoms. The maximum atomic E-state index is 10.3. The van der Waals surface area contributed by atoms with E-state index in [0.717, 1.165) is 25.7 Å². The van der Waals surface area contributed by atoms with Gasteiger partial charge in [0.05, 0.1) is 0 Å². The van der Waals surface area contributed by atoms with E-state index in [-0.39, 0.29) is 34.0 Å². The van der Waals surface area contributed by atoms with E-state index >= 15 is 0 Å². The minimum absolute atomic E-state index is 0.230. The van der Waals surface area contributed by atoms with Gasteiger partial charge in [0.15, 0.2) is 0 Å². The standard InChI is InChI=1S/2C22H44O2.2CH3.Sn/c2*1-2-3-4-5-6-7-8-9-10-11-12-13-14-15-16-17-18-19-20-21-22(23)24;;;/h2*2-21H2,1H3,(H,23,24);2*1H3;/q;;;;+2/p-2. The number of hydrogen-bond donors (Lipinski definition) is 0. The molecule has 0 aliphatic carbocycles. The van der Waals surface area contributed by atoms with E-state index in [1.165, 1.54) is 218 Å². The summed E-state index contributed by atoms with van der Waals surface area (Å²) in [5.74, 6) is -1.80. The van der Waals surface area contributed by atoms with Crippen LogP contribution in [0.4, 0.5) is 0 Å². The first-order valence-corrected chi connectivity index (χ1v) is 28.6. The molecule has 5 heteroatoms. The monoisotopic (exact) mass is 829 g/mol. The molecule has 4 nitrogen and oxygen atoms in total. The molecule has 0 N–H and O–H groups in total. The van der Waals surface area contributed by atoms with Gasteiger partial charge < -0.3 is 19.8 Å². The van der Waals surface area contributed by atoms with Crippen molar-refractivity contribution in [2.45, 2.75) is 281 Å². The summed E-state index contributed by atoms with van der Waals surface area (Å²) >= 11 is 0.230. The van der Waals surface area contributed by atoms with Crippen molar-refractivity contribution in [3.63, 3.8) is 0 Å². The van der Waals surface area contributed by atoms with E-state index in [0.29, 0.717) is 0 Å². The van der Waals surface area contributed by atoms with Crippen LogP contribution in [0, 0.1) is 0 Å². The van der Waals surface area contributed by atoms with Crippen molar-refractivity contribution in [1.82, 2.24) is 0 Å². The molecule has 0 radical (unpaired) electrons. The van der Waals surface area contributed by atoms with Gasteiger partial charge in [0, 0.05) is 11.9 Å². The molecule has 0 fully saturated rings. The van der Waals surface area contributed by atoms with Crippen molar-refractivity contribution in [1.29, 1.82) is 0 Å². The number of unbranched alkanes of at least 4 members (excludes halogenated alkanes) is 36. The first kappa shape index (κ1) is 55.1. The third-order valence-electron chi connectivity index (χ3n) is 9.97. The van der Waals surface area contributed by atoms with Gasteiger partial charge in [-0.2, -0.15) is 0 Å². The van der Waals surface area contributed by atoms with Gasteiger partial charge in [-0.1, -0.05) is 245 Å². The fourth-order valence-electron chi connectivity index (χ4n) is 6.70. The zero-order valence-corrected chi connectivity index (χ0v) is 38.3. The van der Waals surface area contributed by atoms with Crippen LogP contribution < -0.4 is 10.2 Å². The minimum atomic E-state index is -0.901. The Morgan fingerprint density at radius 1 is 0.294 bits per heavy atom. The Bertz CT molecular complexity index is 574. The van der Waals surface area contributed by atoms with Crippen LogP contribution in [-0.4, -0.2) is 33.1 Å². The Balaban J connectivity index is -0.000000838. The quantitative estimate of drug-likeness (QED) is 0.0455.